The van der Waals surface area contributed by atoms with E-state index in [0.29, 0.717) is 29.6 Å². The van der Waals surface area contributed by atoms with Gasteiger partial charge in [0.2, 0.25) is 11.8 Å². The van der Waals surface area contributed by atoms with Gasteiger partial charge in [-0.05, 0) is 37.5 Å². The molecule has 168 valence electrons. The highest BCUT2D eigenvalue weighted by Gasteiger charge is 2.26. The standard InChI is InChI=1S/C24H30ClFN2O2S/c1-16(2)12-27-24(30)18(4)28(13-19-10-8-17(3)9-11-19)23(29)15-31-14-20-21(25)6-5-7-22(20)26/h5-11,16,18H,12-15H2,1-4H3,(H,27,30)/t18-/m0/s1. The summed E-state index contributed by atoms with van der Waals surface area (Å²) in [6.07, 6.45) is 0. The third kappa shape index (κ3) is 7.86. The second-order valence-corrected chi connectivity index (χ2v) is 9.41. The van der Waals surface area contributed by atoms with Crippen molar-refractivity contribution in [2.45, 2.75) is 46.0 Å². The SMILES string of the molecule is Cc1ccc(CN(C(=O)CSCc2c(F)cccc2Cl)[C@@H](C)C(=O)NCC(C)C)cc1. The van der Waals surface area contributed by atoms with Crippen LogP contribution in [0.3, 0.4) is 0 Å². The predicted octanol–water partition coefficient (Wildman–Crippen LogP) is 5.21. The van der Waals surface area contributed by atoms with Crippen molar-refractivity contribution in [3.8, 4) is 0 Å². The van der Waals surface area contributed by atoms with Crippen LogP contribution in [0.5, 0.6) is 0 Å². The number of carbonyl (C=O) groups is 2. The monoisotopic (exact) mass is 464 g/mol. The normalized spacial score (nSPS) is 12.0. The van der Waals surface area contributed by atoms with Crippen LogP contribution in [0, 0.1) is 18.7 Å². The number of aryl methyl sites for hydroxylation is 1. The van der Waals surface area contributed by atoms with E-state index in [2.05, 4.69) is 5.32 Å². The van der Waals surface area contributed by atoms with E-state index in [1.54, 1.807) is 24.0 Å². The molecule has 0 saturated carbocycles. The highest BCUT2D eigenvalue weighted by molar-refractivity contribution is 7.99. The Kier molecular flexibility index (Phi) is 9.85. The first-order valence-electron chi connectivity index (χ1n) is 10.3. The first-order valence-corrected chi connectivity index (χ1v) is 11.9. The molecule has 0 aliphatic rings. The number of halogens is 2. The summed E-state index contributed by atoms with van der Waals surface area (Å²) in [6.45, 7) is 8.65. The van der Waals surface area contributed by atoms with Crippen molar-refractivity contribution < 1.29 is 14.0 Å². The largest absolute Gasteiger partial charge is 0.354 e. The van der Waals surface area contributed by atoms with Crippen molar-refractivity contribution in [3.63, 3.8) is 0 Å². The molecular weight excluding hydrogens is 435 g/mol. The lowest BCUT2D eigenvalue weighted by molar-refractivity contribution is -0.138. The van der Waals surface area contributed by atoms with Crippen LogP contribution in [0.4, 0.5) is 4.39 Å². The van der Waals surface area contributed by atoms with Gasteiger partial charge in [-0.25, -0.2) is 4.39 Å². The van der Waals surface area contributed by atoms with Crippen LogP contribution >= 0.6 is 23.4 Å². The topological polar surface area (TPSA) is 49.4 Å². The molecule has 2 amide bonds. The van der Waals surface area contributed by atoms with Crippen molar-refractivity contribution >= 4 is 35.2 Å². The number of hydrogen-bond acceptors (Lipinski definition) is 3. The first kappa shape index (κ1) is 25.2. The molecular formula is C24H30ClFN2O2S. The van der Waals surface area contributed by atoms with Gasteiger partial charge in [0.15, 0.2) is 0 Å². The zero-order chi connectivity index (χ0) is 23.0. The summed E-state index contributed by atoms with van der Waals surface area (Å²) in [7, 11) is 0. The van der Waals surface area contributed by atoms with E-state index >= 15 is 0 Å². The van der Waals surface area contributed by atoms with Crippen LogP contribution < -0.4 is 5.32 Å². The van der Waals surface area contributed by atoms with E-state index in [9.17, 15) is 14.0 Å². The molecule has 0 aliphatic carbocycles. The van der Waals surface area contributed by atoms with Gasteiger partial charge in [-0.15, -0.1) is 11.8 Å². The minimum absolute atomic E-state index is 0.123. The molecule has 0 unspecified atom stereocenters. The molecule has 2 rings (SSSR count). The molecule has 1 N–H and O–H groups in total. The number of thioether (sulfide) groups is 1. The molecule has 2 aromatic rings. The van der Waals surface area contributed by atoms with Crippen LogP contribution in [-0.2, 0) is 21.9 Å². The number of benzene rings is 2. The lowest BCUT2D eigenvalue weighted by atomic mass is 10.1. The van der Waals surface area contributed by atoms with Crippen LogP contribution in [0.15, 0.2) is 42.5 Å². The Labute approximate surface area is 193 Å². The van der Waals surface area contributed by atoms with Crippen LogP contribution in [0.1, 0.15) is 37.5 Å². The molecule has 0 spiro atoms. The van der Waals surface area contributed by atoms with Gasteiger partial charge in [-0.3, -0.25) is 9.59 Å². The highest BCUT2D eigenvalue weighted by Crippen LogP contribution is 2.24. The Morgan fingerprint density at radius 3 is 2.42 bits per heavy atom. The first-order chi connectivity index (χ1) is 14.7. The Morgan fingerprint density at radius 1 is 1.13 bits per heavy atom. The van der Waals surface area contributed by atoms with Gasteiger partial charge < -0.3 is 10.2 Å². The fourth-order valence-corrected chi connectivity index (χ4v) is 4.17. The summed E-state index contributed by atoms with van der Waals surface area (Å²) in [5, 5.41) is 3.25. The van der Waals surface area contributed by atoms with E-state index in [4.69, 9.17) is 11.6 Å². The summed E-state index contributed by atoms with van der Waals surface area (Å²) < 4.78 is 14.0. The minimum atomic E-state index is -0.620. The van der Waals surface area contributed by atoms with Crippen LogP contribution in [-0.4, -0.2) is 35.1 Å². The Hall–Kier alpha value is -2.05. The fourth-order valence-electron chi connectivity index (χ4n) is 2.92. The van der Waals surface area contributed by atoms with E-state index in [0.717, 1.165) is 11.1 Å². The van der Waals surface area contributed by atoms with Gasteiger partial charge in [-0.1, -0.05) is 61.3 Å². The number of amides is 2. The zero-order valence-electron chi connectivity index (χ0n) is 18.5. The third-order valence-electron chi connectivity index (χ3n) is 4.86. The maximum Gasteiger partial charge on any atom is 0.242 e. The lowest BCUT2D eigenvalue weighted by Gasteiger charge is -2.29. The second-order valence-electron chi connectivity index (χ2n) is 8.02. The summed E-state index contributed by atoms with van der Waals surface area (Å²) in [6, 6.07) is 11.8. The number of rotatable bonds is 10. The molecule has 0 heterocycles. The molecule has 1 atom stereocenters. The van der Waals surface area contributed by atoms with Crippen molar-refractivity contribution in [2.75, 3.05) is 12.3 Å². The quantitative estimate of drug-likeness (QED) is 0.525. The number of hydrogen-bond donors (Lipinski definition) is 1. The Bertz CT molecular complexity index is 869. The molecule has 0 fully saturated rings. The van der Waals surface area contributed by atoms with E-state index in [1.807, 2.05) is 45.0 Å². The molecule has 0 bridgehead atoms. The average molecular weight is 465 g/mol. The van der Waals surface area contributed by atoms with Gasteiger partial charge in [0.1, 0.15) is 11.9 Å². The maximum atomic E-state index is 14.0. The van der Waals surface area contributed by atoms with E-state index in [-0.39, 0.29) is 29.1 Å². The zero-order valence-corrected chi connectivity index (χ0v) is 20.0. The van der Waals surface area contributed by atoms with Crippen LogP contribution in [0.25, 0.3) is 0 Å². The van der Waals surface area contributed by atoms with Crippen molar-refractivity contribution in [1.29, 1.82) is 0 Å². The Balaban J connectivity index is 2.09. The average Bonchev–Trinajstić information content (AvgIpc) is 2.73. The van der Waals surface area contributed by atoms with Gasteiger partial charge in [0.25, 0.3) is 0 Å². The number of carbonyl (C=O) groups excluding carboxylic acids is 2. The van der Waals surface area contributed by atoms with Crippen molar-refractivity contribution in [3.05, 3.63) is 70.0 Å². The number of nitrogens with zero attached hydrogens (tertiary/aromatic N) is 1. The van der Waals surface area contributed by atoms with Gasteiger partial charge >= 0.3 is 0 Å². The van der Waals surface area contributed by atoms with Crippen molar-refractivity contribution in [2.24, 2.45) is 5.92 Å². The van der Waals surface area contributed by atoms with Gasteiger partial charge in [0, 0.05) is 29.4 Å². The molecule has 7 heteroatoms. The van der Waals surface area contributed by atoms with Gasteiger partial charge in [-0.2, -0.15) is 0 Å². The molecule has 0 aromatic heterocycles. The summed E-state index contributed by atoms with van der Waals surface area (Å²) in [5.74, 6) is -0.0209. The molecule has 0 saturated heterocycles. The molecule has 4 nitrogen and oxygen atoms in total. The molecule has 0 aliphatic heterocycles. The smallest absolute Gasteiger partial charge is 0.242 e. The lowest BCUT2D eigenvalue weighted by Crippen LogP contribution is -2.48. The maximum absolute atomic E-state index is 14.0. The highest BCUT2D eigenvalue weighted by atomic mass is 35.5. The predicted molar refractivity (Wildman–Crippen MR) is 127 cm³/mol. The minimum Gasteiger partial charge on any atom is -0.354 e. The van der Waals surface area contributed by atoms with Crippen molar-refractivity contribution in [1.82, 2.24) is 10.2 Å². The fraction of sp³-hybridized carbons (Fsp3) is 0.417. The Morgan fingerprint density at radius 2 is 1.81 bits per heavy atom. The van der Waals surface area contributed by atoms with Gasteiger partial charge in [0.05, 0.1) is 5.75 Å². The van der Waals surface area contributed by atoms with E-state index in [1.165, 1.54) is 17.8 Å². The van der Waals surface area contributed by atoms with E-state index < -0.39 is 6.04 Å². The summed E-state index contributed by atoms with van der Waals surface area (Å²) in [5.41, 5.74) is 2.46. The third-order valence-corrected chi connectivity index (χ3v) is 6.16. The summed E-state index contributed by atoms with van der Waals surface area (Å²) in [4.78, 5) is 27.3. The number of nitrogens with one attached hydrogen (secondary N) is 1. The molecule has 0 radical (unpaired) electrons. The van der Waals surface area contributed by atoms with Crippen LogP contribution in [0.2, 0.25) is 5.02 Å². The summed E-state index contributed by atoms with van der Waals surface area (Å²) >= 11 is 7.36. The molecule has 31 heavy (non-hydrogen) atoms. The second kappa shape index (κ2) is 12.1. The molecule has 2 aromatic carbocycles.